The molecule has 2 aromatic rings. The zero-order valence-electron chi connectivity index (χ0n) is 12.2. The van der Waals surface area contributed by atoms with Crippen molar-refractivity contribution in [2.24, 2.45) is 0 Å². The molecule has 0 bridgehead atoms. The zero-order valence-corrected chi connectivity index (χ0v) is 12.2. The van der Waals surface area contributed by atoms with E-state index in [1.165, 1.54) is 7.11 Å². The van der Waals surface area contributed by atoms with Gasteiger partial charge in [0.1, 0.15) is 12.4 Å². The van der Waals surface area contributed by atoms with Crippen molar-refractivity contribution in [3.63, 3.8) is 0 Å². The Bertz CT molecular complexity index is 606. The van der Waals surface area contributed by atoms with Gasteiger partial charge in [0.2, 0.25) is 5.76 Å². The molecule has 0 saturated heterocycles. The fraction of sp³-hybridized carbons (Fsp3) is 0.333. The molecule has 2 aromatic heterocycles. The highest BCUT2D eigenvalue weighted by molar-refractivity contribution is 5.86. The van der Waals surface area contributed by atoms with Crippen LogP contribution < -0.4 is 9.47 Å². The first-order chi connectivity index (χ1) is 10.1. The number of aromatic nitrogens is 1. The second-order valence-electron chi connectivity index (χ2n) is 4.52. The third kappa shape index (κ3) is 3.98. The molecule has 0 saturated carbocycles. The molecule has 0 radical (unpaired) electrons. The summed E-state index contributed by atoms with van der Waals surface area (Å²) in [5.41, 5.74) is 0. The minimum Gasteiger partial charge on any atom is -0.480 e. The van der Waals surface area contributed by atoms with E-state index in [0.29, 0.717) is 17.4 Å². The Morgan fingerprint density at radius 2 is 2.14 bits per heavy atom. The van der Waals surface area contributed by atoms with Crippen LogP contribution >= 0.6 is 0 Å². The quantitative estimate of drug-likeness (QED) is 0.762. The summed E-state index contributed by atoms with van der Waals surface area (Å²) >= 11 is 0. The first kappa shape index (κ1) is 14.9. The summed E-state index contributed by atoms with van der Waals surface area (Å²) in [5.74, 6) is 1.07. The lowest BCUT2D eigenvalue weighted by Crippen LogP contribution is -2.08. The summed E-state index contributed by atoms with van der Waals surface area (Å²) in [5, 5.41) is 0. The average Bonchev–Trinajstić information content (AvgIpc) is 2.94. The summed E-state index contributed by atoms with van der Waals surface area (Å²) in [6.45, 7) is 3.98. The van der Waals surface area contributed by atoms with Crippen molar-refractivity contribution >= 4 is 5.97 Å². The first-order valence-corrected chi connectivity index (χ1v) is 6.51. The fourth-order valence-corrected chi connectivity index (χ4v) is 1.61. The maximum atomic E-state index is 11.3. The summed E-state index contributed by atoms with van der Waals surface area (Å²) < 4.78 is 21.1. The number of nitrogens with zero attached hydrogens (tertiary/aromatic N) is 1. The average molecular weight is 291 g/mol. The van der Waals surface area contributed by atoms with Crippen LogP contribution in [0.1, 0.15) is 30.2 Å². The van der Waals surface area contributed by atoms with Gasteiger partial charge in [-0.1, -0.05) is 0 Å². The molecule has 0 aliphatic heterocycles. The van der Waals surface area contributed by atoms with E-state index < -0.39 is 5.97 Å². The van der Waals surface area contributed by atoms with Gasteiger partial charge in [-0.15, -0.1) is 0 Å². The normalized spacial score (nSPS) is 10.5. The Kier molecular flexibility index (Phi) is 4.81. The van der Waals surface area contributed by atoms with Gasteiger partial charge in [0, 0.05) is 6.20 Å². The van der Waals surface area contributed by atoms with Crippen LogP contribution in [0.25, 0.3) is 0 Å². The van der Waals surface area contributed by atoms with E-state index in [2.05, 4.69) is 9.72 Å². The van der Waals surface area contributed by atoms with E-state index in [4.69, 9.17) is 13.9 Å². The molecule has 0 spiro atoms. The zero-order chi connectivity index (χ0) is 15.2. The SMILES string of the molecule is COC(=O)c1ccc(COc2cccnc2OC(C)C)o1. The maximum Gasteiger partial charge on any atom is 0.373 e. The Hall–Kier alpha value is -2.50. The number of carbonyl (C=O) groups excluding carboxylic acids is 1. The van der Waals surface area contributed by atoms with Gasteiger partial charge in [-0.25, -0.2) is 9.78 Å². The summed E-state index contributed by atoms with van der Waals surface area (Å²) in [6, 6.07) is 6.71. The highest BCUT2D eigenvalue weighted by atomic mass is 16.5. The maximum absolute atomic E-state index is 11.3. The number of furan rings is 1. The second kappa shape index (κ2) is 6.78. The van der Waals surface area contributed by atoms with E-state index >= 15 is 0 Å². The summed E-state index contributed by atoms with van der Waals surface area (Å²) in [4.78, 5) is 15.4. The van der Waals surface area contributed by atoms with Gasteiger partial charge in [0.05, 0.1) is 13.2 Å². The van der Waals surface area contributed by atoms with Crippen LogP contribution in [0.3, 0.4) is 0 Å². The van der Waals surface area contributed by atoms with Crippen LogP contribution in [-0.4, -0.2) is 24.2 Å². The lowest BCUT2D eigenvalue weighted by atomic mass is 10.4. The number of ether oxygens (including phenoxy) is 3. The molecule has 2 heterocycles. The number of methoxy groups -OCH3 is 1. The smallest absolute Gasteiger partial charge is 0.373 e. The Morgan fingerprint density at radius 3 is 2.86 bits per heavy atom. The van der Waals surface area contributed by atoms with Crippen molar-refractivity contribution in [2.75, 3.05) is 7.11 Å². The van der Waals surface area contributed by atoms with E-state index in [-0.39, 0.29) is 18.5 Å². The minimum absolute atomic E-state index is 0.00297. The molecule has 0 unspecified atom stereocenters. The van der Waals surface area contributed by atoms with Crippen molar-refractivity contribution in [3.05, 3.63) is 42.0 Å². The van der Waals surface area contributed by atoms with E-state index in [1.807, 2.05) is 13.8 Å². The number of hydrogen-bond donors (Lipinski definition) is 0. The van der Waals surface area contributed by atoms with Crippen molar-refractivity contribution in [1.29, 1.82) is 0 Å². The molecular weight excluding hydrogens is 274 g/mol. The topological polar surface area (TPSA) is 70.8 Å². The third-order valence-corrected chi connectivity index (χ3v) is 2.50. The van der Waals surface area contributed by atoms with Gasteiger partial charge in [0.25, 0.3) is 5.88 Å². The lowest BCUT2D eigenvalue weighted by molar-refractivity contribution is 0.0560. The Labute approximate surface area is 122 Å². The van der Waals surface area contributed by atoms with Crippen molar-refractivity contribution < 1.29 is 23.4 Å². The van der Waals surface area contributed by atoms with Gasteiger partial charge < -0.3 is 18.6 Å². The van der Waals surface area contributed by atoms with Gasteiger partial charge >= 0.3 is 5.97 Å². The van der Waals surface area contributed by atoms with Crippen LogP contribution in [0.5, 0.6) is 11.6 Å². The van der Waals surface area contributed by atoms with Crippen LogP contribution in [0, 0.1) is 0 Å². The predicted molar refractivity (Wildman–Crippen MR) is 74.4 cm³/mol. The van der Waals surface area contributed by atoms with E-state index in [1.54, 1.807) is 30.5 Å². The molecule has 2 rings (SSSR count). The molecular formula is C15H17NO5. The van der Waals surface area contributed by atoms with E-state index in [9.17, 15) is 4.79 Å². The van der Waals surface area contributed by atoms with Gasteiger partial charge in [-0.05, 0) is 38.1 Å². The fourth-order valence-electron chi connectivity index (χ4n) is 1.61. The molecule has 0 fully saturated rings. The number of pyridine rings is 1. The Balaban J connectivity index is 2.03. The van der Waals surface area contributed by atoms with Crippen LogP contribution in [0.4, 0.5) is 0 Å². The van der Waals surface area contributed by atoms with Crippen molar-refractivity contribution in [2.45, 2.75) is 26.6 Å². The molecule has 21 heavy (non-hydrogen) atoms. The summed E-state index contributed by atoms with van der Waals surface area (Å²) in [7, 11) is 1.30. The molecule has 0 aliphatic rings. The molecule has 0 amide bonds. The molecule has 0 aliphatic carbocycles. The standard InChI is InChI=1S/C15H17NO5/c1-10(2)20-14-12(5-4-8-16-14)19-9-11-6-7-13(21-11)15(17)18-3/h4-8,10H,9H2,1-3H3. The van der Waals surface area contributed by atoms with Crippen molar-refractivity contribution in [1.82, 2.24) is 4.98 Å². The minimum atomic E-state index is -0.522. The predicted octanol–water partition coefficient (Wildman–Crippen LogP) is 2.83. The molecule has 0 aromatic carbocycles. The number of rotatable bonds is 6. The lowest BCUT2D eigenvalue weighted by Gasteiger charge is -2.12. The number of hydrogen-bond acceptors (Lipinski definition) is 6. The third-order valence-electron chi connectivity index (χ3n) is 2.50. The van der Waals surface area contributed by atoms with Gasteiger partial charge in [-0.2, -0.15) is 0 Å². The monoisotopic (exact) mass is 291 g/mol. The highest BCUT2D eigenvalue weighted by Crippen LogP contribution is 2.25. The molecule has 0 atom stereocenters. The van der Waals surface area contributed by atoms with Crippen LogP contribution in [-0.2, 0) is 11.3 Å². The number of carbonyl (C=O) groups is 1. The first-order valence-electron chi connectivity index (χ1n) is 6.51. The van der Waals surface area contributed by atoms with E-state index in [0.717, 1.165) is 0 Å². The Morgan fingerprint density at radius 1 is 1.33 bits per heavy atom. The van der Waals surface area contributed by atoms with Crippen LogP contribution in [0.15, 0.2) is 34.9 Å². The second-order valence-corrected chi connectivity index (χ2v) is 4.52. The number of esters is 1. The van der Waals surface area contributed by atoms with Gasteiger partial charge in [-0.3, -0.25) is 0 Å². The summed E-state index contributed by atoms with van der Waals surface area (Å²) in [6.07, 6.45) is 1.63. The molecule has 112 valence electrons. The molecule has 0 N–H and O–H groups in total. The van der Waals surface area contributed by atoms with Crippen molar-refractivity contribution in [3.8, 4) is 11.6 Å². The van der Waals surface area contributed by atoms with Gasteiger partial charge in [0.15, 0.2) is 5.75 Å². The van der Waals surface area contributed by atoms with Crippen LogP contribution in [0.2, 0.25) is 0 Å². The highest BCUT2D eigenvalue weighted by Gasteiger charge is 2.13. The largest absolute Gasteiger partial charge is 0.480 e. The molecule has 6 nitrogen and oxygen atoms in total. The molecule has 6 heteroatoms.